The van der Waals surface area contributed by atoms with E-state index < -0.39 is 17.4 Å². The Morgan fingerprint density at radius 2 is 1.89 bits per heavy atom. The summed E-state index contributed by atoms with van der Waals surface area (Å²) in [5.74, 6) is -1.87. The number of aliphatic hydroxyl groups is 1. The van der Waals surface area contributed by atoms with Crippen molar-refractivity contribution >= 4 is 11.9 Å². The Bertz CT molecular complexity index is 289. The van der Waals surface area contributed by atoms with Gasteiger partial charge in [0.15, 0.2) is 5.41 Å². The van der Waals surface area contributed by atoms with Gasteiger partial charge in [0.25, 0.3) is 0 Å². The molecule has 2 N–H and O–H groups in total. The molecule has 0 spiro atoms. The highest BCUT2D eigenvalue weighted by Gasteiger charge is 2.47. The predicted octanol–water partition coefficient (Wildman–Crippen LogP) is 1.07. The summed E-state index contributed by atoms with van der Waals surface area (Å²) in [5.41, 5.74) is -1.57. The lowest BCUT2D eigenvalue weighted by Gasteiger charge is -2.28. The van der Waals surface area contributed by atoms with Gasteiger partial charge in [-0.2, -0.15) is 0 Å². The Morgan fingerprint density at radius 3 is 2.32 bits per heavy atom. The first-order chi connectivity index (χ1) is 8.90. The van der Waals surface area contributed by atoms with Crippen LogP contribution in [0.2, 0.25) is 0 Å². The van der Waals surface area contributed by atoms with E-state index in [0.29, 0.717) is 0 Å². The minimum atomic E-state index is -1.57. The summed E-state index contributed by atoms with van der Waals surface area (Å²) in [6.07, 6.45) is 0.239. The molecule has 0 amide bonds. The monoisotopic (exact) mass is 276 g/mol. The van der Waals surface area contributed by atoms with Crippen LogP contribution in [-0.4, -0.2) is 48.6 Å². The molecule has 0 saturated carbocycles. The maximum Gasteiger partial charge on any atom is 0.323 e. The van der Waals surface area contributed by atoms with E-state index in [1.807, 2.05) is 13.8 Å². The quantitative estimate of drug-likeness (QED) is 0.352. The summed E-state index contributed by atoms with van der Waals surface area (Å²) in [6.45, 7) is 5.57. The number of aliphatic hydroxyl groups excluding tert-OH is 1. The molecule has 0 saturated heterocycles. The zero-order valence-electron chi connectivity index (χ0n) is 11.8. The Labute approximate surface area is 113 Å². The lowest BCUT2D eigenvalue weighted by molar-refractivity contribution is -0.171. The number of hydrogen-bond acceptors (Lipinski definition) is 5. The number of carbonyl (C=O) groups excluding carboxylic acids is 1. The van der Waals surface area contributed by atoms with Crippen molar-refractivity contribution in [2.45, 2.75) is 33.6 Å². The maximum absolute atomic E-state index is 12.0. The summed E-state index contributed by atoms with van der Waals surface area (Å²) in [4.78, 5) is 23.5. The van der Waals surface area contributed by atoms with Crippen LogP contribution in [0, 0.1) is 11.3 Å². The van der Waals surface area contributed by atoms with Crippen LogP contribution < -0.4 is 0 Å². The molecule has 0 heterocycles. The third-order valence-electron chi connectivity index (χ3n) is 2.74. The van der Waals surface area contributed by atoms with Crippen LogP contribution >= 0.6 is 0 Å². The van der Waals surface area contributed by atoms with E-state index in [1.54, 1.807) is 6.92 Å². The van der Waals surface area contributed by atoms with Crippen molar-refractivity contribution in [2.24, 2.45) is 11.3 Å². The van der Waals surface area contributed by atoms with E-state index in [0.717, 1.165) is 0 Å². The van der Waals surface area contributed by atoms with E-state index in [9.17, 15) is 14.7 Å². The molecular formula is C13H24O6. The molecule has 6 heteroatoms. The van der Waals surface area contributed by atoms with Crippen LogP contribution in [0.4, 0.5) is 0 Å². The average Bonchev–Trinajstić information content (AvgIpc) is 2.32. The third kappa shape index (κ3) is 5.57. The first kappa shape index (κ1) is 17.9. The molecule has 112 valence electrons. The lowest BCUT2D eigenvalue weighted by atomic mass is 9.77. The minimum absolute atomic E-state index is 0.0401. The molecule has 0 bridgehead atoms. The standard InChI is InChI=1S/C13H24O6/c1-4-19-12(17)13(11(15)16,9-10(2)3)5-7-18-8-6-14/h10,14H,4-9H2,1-3H3,(H,15,16). The zero-order chi connectivity index (χ0) is 14.9. The van der Waals surface area contributed by atoms with E-state index in [1.165, 1.54) is 0 Å². The van der Waals surface area contributed by atoms with Crippen molar-refractivity contribution in [3.63, 3.8) is 0 Å². The predicted molar refractivity (Wildman–Crippen MR) is 68.7 cm³/mol. The number of rotatable bonds is 10. The number of esters is 1. The van der Waals surface area contributed by atoms with Crippen LogP contribution in [0.3, 0.4) is 0 Å². The number of carboxylic acids is 1. The molecule has 0 aliphatic carbocycles. The first-order valence-corrected chi connectivity index (χ1v) is 6.50. The van der Waals surface area contributed by atoms with E-state index >= 15 is 0 Å². The highest BCUT2D eigenvalue weighted by molar-refractivity contribution is 5.99. The SMILES string of the molecule is CCOC(=O)C(CCOCCO)(CC(C)C)C(=O)O. The van der Waals surface area contributed by atoms with Crippen LogP contribution in [0.1, 0.15) is 33.6 Å². The highest BCUT2D eigenvalue weighted by atomic mass is 16.5. The number of aliphatic carboxylic acids is 1. The second-order valence-electron chi connectivity index (χ2n) is 4.79. The van der Waals surface area contributed by atoms with Crippen LogP contribution in [0.5, 0.6) is 0 Å². The van der Waals surface area contributed by atoms with Crippen molar-refractivity contribution in [1.29, 1.82) is 0 Å². The summed E-state index contributed by atoms with van der Waals surface area (Å²) in [7, 11) is 0. The molecule has 1 atom stereocenters. The van der Waals surface area contributed by atoms with Crippen molar-refractivity contribution < 1.29 is 29.3 Å². The average molecular weight is 276 g/mol. The summed E-state index contributed by atoms with van der Waals surface area (Å²) in [6, 6.07) is 0. The summed E-state index contributed by atoms with van der Waals surface area (Å²) in [5, 5.41) is 18.0. The maximum atomic E-state index is 12.0. The topological polar surface area (TPSA) is 93.1 Å². The normalized spacial score (nSPS) is 14.2. The molecule has 1 unspecified atom stereocenters. The Morgan fingerprint density at radius 1 is 1.26 bits per heavy atom. The fraction of sp³-hybridized carbons (Fsp3) is 0.846. The molecule has 19 heavy (non-hydrogen) atoms. The molecule has 0 aromatic heterocycles. The molecule has 0 fully saturated rings. The van der Waals surface area contributed by atoms with Crippen LogP contribution in [-0.2, 0) is 19.1 Å². The molecule has 0 aromatic rings. The van der Waals surface area contributed by atoms with Gasteiger partial charge in [0.1, 0.15) is 0 Å². The van der Waals surface area contributed by atoms with Crippen molar-refractivity contribution in [1.82, 2.24) is 0 Å². The van der Waals surface area contributed by atoms with Crippen molar-refractivity contribution in [3.8, 4) is 0 Å². The second kappa shape index (κ2) is 8.87. The van der Waals surface area contributed by atoms with Gasteiger partial charge < -0.3 is 19.7 Å². The molecule has 0 radical (unpaired) electrons. The van der Waals surface area contributed by atoms with Crippen molar-refractivity contribution in [2.75, 3.05) is 26.4 Å². The number of hydrogen-bond donors (Lipinski definition) is 2. The Balaban J connectivity index is 4.92. The van der Waals surface area contributed by atoms with Gasteiger partial charge >= 0.3 is 11.9 Å². The second-order valence-corrected chi connectivity index (χ2v) is 4.79. The number of carbonyl (C=O) groups is 2. The fourth-order valence-corrected chi connectivity index (χ4v) is 1.95. The molecule has 6 nitrogen and oxygen atoms in total. The summed E-state index contributed by atoms with van der Waals surface area (Å²) < 4.78 is 9.98. The lowest BCUT2D eigenvalue weighted by Crippen LogP contribution is -2.43. The van der Waals surface area contributed by atoms with Gasteiger partial charge in [-0.25, -0.2) is 0 Å². The Hall–Kier alpha value is -1.14. The van der Waals surface area contributed by atoms with Crippen LogP contribution in [0.15, 0.2) is 0 Å². The van der Waals surface area contributed by atoms with Gasteiger partial charge in [-0.1, -0.05) is 13.8 Å². The van der Waals surface area contributed by atoms with E-state index in [4.69, 9.17) is 14.6 Å². The number of ether oxygens (including phenoxy) is 2. The minimum Gasteiger partial charge on any atom is -0.480 e. The van der Waals surface area contributed by atoms with Gasteiger partial charge in [-0.05, 0) is 25.7 Å². The first-order valence-electron chi connectivity index (χ1n) is 6.50. The van der Waals surface area contributed by atoms with Gasteiger partial charge in [0, 0.05) is 6.61 Å². The summed E-state index contributed by atoms with van der Waals surface area (Å²) >= 11 is 0. The number of carboxylic acid groups (broad SMARTS) is 1. The molecule has 0 rings (SSSR count). The molecule has 0 aromatic carbocycles. The van der Waals surface area contributed by atoms with Crippen LogP contribution in [0.25, 0.3) is 0 Å². The molecule has 0 aliphatic heterocycles. The van der Waals surface area contributed by atoms with E-state index in [2.05, 4.69) is 0 Å². The zero-order valence-corrected chi connectivity index (χ0v) is 11.8. The van der Waals surface area contributed by atoms with Gasteiger partial charge in [0.2, 0.25) is 0 Å². The molecular weight excluding hydrogens is 252 g/mol. The molecule has 0 aliphatic rings. The largest absolute Gasteiger partial charge is 0.480 e. The van der Waals surface area contributed by atoms with E-state index in [-0.39, 0.29) is 45.2 Å². The van der Waals surface area contributed by atoms with Gasteiger partial charge in [0.05, 0.1) is 19.8 Å². The van der Waals surface area contributed by atoms with Gasteiger partial charge in [-0.3, -0.25) is 9.59 Å². The van der Waals surface area contributed by atoms with Gasteiger partial charge in [-0.15, -0.1) is 0 Å². The Kier molecular flexibility index (Phi) is 8.34. The third-order valence-corrected chi connectivity index (χ3v) is 2.74. The fourth-order valence-electron chi connectivity index (χ4n) is 1.95. The highest BCUT2D eigenvalue weighted by Crippen LogP contribution is 2.33. The van der Waals surface area contributed by atoms with Crippen molar-refractivity contribution in [3.05, 3.63) is 0 Å². The smallest absolute Gasteiger partial charge is 0.323 e.